The zero-order chi connectivity index (χ0) is 10.2. The van der Waals surface area contributed by atoms with Crippen molar-refractivity contribution in [2.24, 2.45) is 4.99 Å². The third-order valence-electron chi connectivity index (χ3n) is 1.81. The lowest BCUT2D eigenvalue weighted by Gasteiger charge is -1.98. The summed E-state index contributed by atoms with van der Waals surface area (Å²) in [5.41, 5.74) is 0.954. The number of ether oxygens (including phenoxy) is 1. The van der Waals surface area contributed by atoms with Crippen LogP contribution in [0.4, 0.5) is 5.69 Å². The molecule has 0 radical (unpaired) electrons. The van der Waals surface area contributed by atoms with Gasteiger partial charge < -0.3 is 4.74 Å². The van der Waals surface area contributed by atoms with E-state index < -0.39 is 0 Å². The molecule has 0 aliphatic heterocycles. The molecule has 0 saturated carbocycles. The Hall–Kier alpha value is -1.57. The molecule has 0 N–H and O–H groups in total. The molecule has 74 valence electrons. The Kier molecular flexibility index (Phi) is 4.48. The van der Waals surface area contributed by atoms with E-state index in [1.165, 1.54) is 0 Å². The van der Waals surface area contributed by atoms with E-state index in [-0.39, 0.29) is 0 Å². The lowest BCUT2D eigenvalue weighted by atomic mass is 10.3. The highest BCUT2D eigenvalue weighted by molar-refractivity contribution is 5.63. The minimum absolute atomic E-state index is 0.857. The van der Waals surface area contributed by atoms with Crippen LogP contribution in [-0.2, 0) is 0 Å². The van der Waals surface area contributed by atoms with Gasteiger partial charge in [-0.05, 0) is 37.1 Å². The minimum atomic E-state index is 0.857. The van der Waals surface area contributed by atoms with Crippen molar-refractivity contribution < 1.29 is 4.74 Å². The van der Waals surface area contributed by atoms with Gasteiger partial charge in [0.1, 0.15) is 5.75 Å². The molecule has 1 aromatic rings. The number of unbranched alkanes of at least 4 members (excludes halogenated alkanes) is 1. The molecule has 1 rings (SSSR count). The number of benzene rings is 1. The van der Waals surface area contributed by atoms with Gasteiger partial charge in [0.05, 0.1) is 12.8 Å². The summed E-state index contributed by atoms with van der Waals surface area (Å²) in [4.78, 5) is 4.29. The van der Waals surface area contributed by atoms with Gasteiger partial charge in [0.15, 0.2) is 0 Å². The smallest absolute Gasteiger partial charge is 0.119 e. The van der Waals surface area contributed by atoms with Crippen molar-refractivity contribution in [3.8, 4) is 5.75 Å². The first-order valence-corrected chi connectivity index (χ1v) is 4.64. The summed E-state index contributed by atoms with van der Waals surface area (Å²) in [5, 5.41) is 0. The lowest BCUT2D eigenvalue weighted by Crippen LogP contribution is -1.80. The Bertz CT molecular complexity index is 301. The summed E-state index contributed by atoms with van der Waals surface area (Å²) < 4.78 is 5.05. The zero-order valence-electron chi connectivity index (χ0n) is 8.44. The number of rotatable bonds is 5. The number of hydrogen-bond acceptors (Lipinski definition) is 2. The van der Waals surface area contributed by atoms with Crippen molar-refractivity contribution in [3.05, 3.63) is 36.9 Å². The second kappa shape index (κ2) is 5.97. The minimum Gasteiger partial charge on any atom is -0.497 e. The molecule has 0 aliphatic carbocycles. The van der Waals surface area contributed by atoms with Crippen LogP contribution in [0.15, 0.2) is 41.9 Å². The fourth-order valence-corrected chi connectivity index (χ4v) is 1.03. The summed E-state index contributed by atoms with van der Waals surface area (Å²) in [6.07, 6.45) is 5.71. The number of aliphatic imine (C=N–C) groups is 1. The molecule has 0 saturated heterocycles. The summed E-state index contributed by atoms with van der Waals surface area (Å²) in [6, 6.07) is 7.67. The Morgan fingerprint density at radius 3 is 2.57 bits per heavy atom. The molecule has 0 fully saturated rings. The van der Waals surface area contributed by atoms with Gasteiger partial charge in [0, 0.05) is 6.21 Å². The van der Waals surface area contributed by atoms with E-state index >= 15 is 0 Å². The summed E-state index contributed by atoms with van der Waals surface area (Å²) in [6.45, 7) is 3.65. The highest BCUT2D eigenvalue weighted by Crippen LogP contribution is 2.17. The van der Waals surface area contributed by atoms with Gasteiger partial charge >= 0.3 is 0 Å². The molecule has 0 spiro atoms. The topological polar surface area (TPSA) is 21.6 Å². The van der Waals surface area contributed by atoms with Crippen LogP contribution >= 0.6 is 0 Å². The van der Waals surface area contributed by atoms with E-state index in [2.05, 4.69) is 11.6 Å². The van der Waals surface area contributed by atoms with Crippen molar-refractivity contribution in [2.75, 3.05) is 7.11 Å². The van der Waals surface area contributed by atoms with Crippen LogP contribution in [0.3, 0.4) is 0 Å². The molecular formula is C12H15NO. The average molecular weight is 189 g/mol. The Balaban J connectivity index is 2.50. The van der Waals surface area contributed by atoms with Gasteiger partial charge in [-0.2, -0.15) is 0 Å². The highest BCUT2D eigenvalue weighted by atomic mass is 16.5. The van der Waals surface area contributed by atoms with Gasteiger partial charge in [0.25, 0.3) is 0 Å². The van der Waals surface area contributed by atoms with Crippen molar-refractivity contribution in [1.29, 1.82) is 0 Å². The second-order valence-corrected chi connectivity index (χ2v) is 2.88. The first-order valence-electron chi connectivity index (χ1n) is 4.64. The van der Waals surface area contributed by atoms with Gasteiger partial charge in [-0.15, -0.1) is 6.58 Å². The van der Waals surface area contributed by atoms with Crippen LogP contribution in [0.25, 0.3) is 0 Å². The predicted octanol–water partition coefficient (Wildman–Crippen LogP) is 3.36. The van der Waals surface area contributed by atoms with Gasteiger partial charge in [-0.3, -0.25) is 4.99 Å². The Morgan fingerprint density at radius 1 is 1.29 bits per heavy atom. The number of allylic oxidation sites excluding steroid dienone is 1. The third kappa shape index (κ3) is 3.44. The first-order chi connectivity index (χ1) is 6.86. The maximum Gasteiger partial charge on any atom is 0.119 e. The molecular weight excluding hydrogens is 174 g/mol. The van der Waals surface area contributed by atoms with Gasteiger partial charge in [0.2, 0.25) is 0 Å². The lowest BCUT2D eigenvalue weighted by molar-refractivity contribution is 0.415. The molecule has 0 unspecified atom stereocenters. The standard InChI is InChI=1S/C12H15NO/c1-3-4-5-10-13-11-6-8-12(14-2)9-7-11/h3,6-10H,1,4-5H2,2H3. The predicted molar refractivity (Wildman–Crippen MR) is 60.6 cm³/mol. The number of methoxy groups -OCH3 is 1. The van der Waals surface area contributed by atoms with Crippen molar-refractivity contribution in [2.45, 2.75) is 12.8 Å². The van der Waals surface area contributed by atoms with Crippen LogP contribution in [0.1, 0.15) is 12.8 Å². The largest absolute Gasteiger partial charge is 0.497 e. The van der Waals surface area contributed by atoms with Crippen LogP contribution in [0.2, 0.25) is 0 Å². The highest BCUT2D eigenvalue weighted by Gasteiger charge is 1.89. The quantitative estimate of drug-likeness (QED) is 0.395. The zero-order valence-corrected chi connectivity index (χ0v) is 8.44. The fraction of sp³-hybridized carbons (Fsp3) is 0.250. The van der Waals surface area contributed by atoms with E-state index in [0.717, 1.165) is 24.3 Å². The second-order valence-electron chi connectivity index (χ2n) is 2.88. The average Bonchev–Trinajstić information content (AvgIpc) is 2.25. The van der Waals surface area contributed by atoms with Crippen molar-refractivity contribution in [3.63, 3.8) is 0 Å². The molecule has 0 atom stereocenters. The maximum absolute atomic E-state index is 5.05. The van der Waals surface area contributed by atoms with Crippen LogP contribution in [0, 0.1) is 0 Å². The molecule has 0 aromatic heterocycles. The summed E-state index contributed by atoms with van der Waals surface area (Å²) in [7, 11) is 1.66. The molecule has 0 aliphatic rings. The van der Waals surface area contributed by atoms with Crippen molar-refractivity contribution in [1.82, 2.24) is 0 Å². The van der Waals surface area contributed by atoms with Gasteiger partial charge in [-0.25, -0.2) is 0 Å². The van der Waals surface area contributed by atoms with Crippen LogP contribution in [0.5, 0.6) is 5.75 Å². The van der Waals surface area contributed by atoms with Crippen LogP contribution < -0.4 is 4.74 Å². The third-order valence-corrected chi connectivity index (χ3v) is 1.81. The molecule has 0 bridgehead atoms. The van der Waals surface area contributed by atoms with Gasteiger partial charge in [-0.1, -0.05) is 6.08 Å². The maximum atomic E-state index is 5.05. The molecule has 1 aromatic carbocycles. The van der Waals surface area contributed by atoms with E-state index in [4.69, 9.17) is 4.74 Å². The first kappa shape index (κ1) is 10.5. The molecule has 0 heterocycles. The van der Waals surface area contributed by atoms with E-state index in [1.54, 1.807) is 7.11 Å². The Labute approximate surface area is 84.9 Å². The molecule has 0 amide bonds. The summed E-state index contributed by atoms with van der Waals surface area (Å²) >= 11 is 0. The van der Waals surface area contributed by atoms with Crippen molar-refractivity contribution >= 4 is 11.9 Å². The summed E-state index contributed by atoms with van der Waals surface area (Å²) in [5.74, 6) is 0.857. The van der Waals surface area contributed by atoms with E-state index in [1.807, 2.05) is 36.6 Å². The fourth-order valence-electron chi connectivity index (χ4n) is 1.03. The van der Waals surface area contributed by atoms with E-state index in [9.17, 15) is 0 Å². The monoisotopic (exact) mass is 189 g/mol. The number of hydrogen-bond donors (Lipinski definition) is 0. The SMILES string of the molecule is C=CCCC=Nc1ccc(OC)cc1. The normalized spacial score (nSPS) is 10.4. The molecule has 2 heteroatoms. The number of nitrogens with zero attached hydrogens (tertiary/aromatic N) is 1. The Morgan fingerprint density at radius 2 is 2.00 bits per heavy atom. The van der Waals surface area contributed by atoms with Crippen LogP contribution in [-0.4, -0.2) is 13.3 Å². The molecule has 2 nitrogen and oxygen atoms in total. The molecule has 14 heavy (non-hydrogen) atoms. The van der Waals surface area contributed by atoms with E-state index in [0.29, 0.717) is 0 Å².